The van der Waals surface area contributed by atoms with Crippen molar-refractivity contribution in [3.8, 4) is 0 Å². The van der Waals surface area contributed by atoms with Crippen molar-refractivity contribution in [2.45, 2.75) is 27.3 Å². The van der Waals surface area contributed by atoms with Gasteiger partial charge in [-0.3, -0.25) is 4.79 Å². The number of anilines is 1. The molecule has 2 rings (SSSR count). The molecule has 0 aliphatic heterocycles. The number of carbonyl (C=O) groups is 1. The normalized spacial score (nSPS) is 10.5. The molecule has 0 fully saturated rings. The highest BCUT2D eigenvalue weighted by molar-refractivity contribution is 7.10. The lowest BCUT2D eigenvalue weighted by Crippen LogP contribution is -2.04. The van der Waals surface area contributed by atoms with Gasteiger partial charge in [-0.1, -0.05) is 5.16 Å². The number of nitrogens with zero attached hydrogens (tertiary/aromatic N) is 3. The van der Waals surface area contributed by atoms with E-state index in [1.807, 2.05) is 6.92 Å². The molecule has 7 heteroatoms. The molecule has 0 unspecified atom stereocenters. The summed E-state index contributed by atoms with van der Waals surface area (Å²) in [5.74, 6) is 1.08. The Hall–Kier alpha value is -1.76. The van der Waals surface area contributed by atoms with Gasteiger partial charge in [-0.05, 0) is 25.4 Å². The van der Waals surface area contributed by atoms with Crippen molar-refractivity contribution in [1.29, 1.82) is 0 Å². The Morgan fingerprint density at radius 1 is 1.47 bits per heavy atom. The molecule has 0 aliphatic carbocycles. The lowest BCUT2D eigenvalue weighted by Gasteiger charge is -2.01. The molecule has 1 N–H and O–H groups in total. The standard InChI is InChI=1S/C10H12N4O2S/c1-5-9(6(2)15)10(17-14-5)11-4-8-12-7(3)16-13-8/h11H,4H2,1-3H3. The molecule has 0 saturated heterocycles. The number of aromatic nitrogens is 3. The lowest BCUT2D eigenvalue weighted by atomic mass is 10.2. The first kappa shape index (κ1) is 11.7. The summed E-state index contributed by atoms with van der Waals surface area (Å²) in [6, 6.07) is 0. The average molecular weight is 252 g/mol. The second-order valence-corrected chi connectivity index (χ2v) is 4.38. The molecule has 0 aliphatic rings. The van der Waals surface area contributed by atoms with Gasteiger partial charge in [0.2, 0.25) is 5.89 Å². The van der Waals surface area contributed by atoms with Crippen LogP contribution in [-0.2, 0) is 6.54 Å². The number of rotatable bonds is 4. The Labute approximate surface area is 102 Å². The van der Waals surface area contributed by atoms with Crippen LogP contribution in [0.3, 0.4) is 0 Å². The average Bonchev–Trinajstić information content (AvgIpc) is 2.82. The Morgan fingerprint density at radius 3 is 2.82 bits per heavy atom. The quantitative estimate of drug-likeness (QED) is 0.838. The summed E-state index contributed by atoms with van der Waals surface area (Å²) < 4.78 is 9.00. The van der Waals surface area contributed by atoms with Crippen LogP contribution in [0.1, 0.15) is 34.7 Å². The van der Waals surface area contributed by atoms with E-state index in [4.69, 9.17) is 4.52 Å². The minimum atomic E-state index is 0.00282. The first-order valence-electron chi connectivity index (χ1n) is 5.08. The molecule has 90 valence electrons. The van der Waals surface area contributed by atoms with E-state index in [1.54, 1.807) is 6.92 Å². The first-order chi connectivity index (χ1) is 8.08. The highest BCUT2D eigenvalue weighted by Crippen LogP contribution is 2.25. The Morgan fingerprint density at radius 2 is 2.24 bits per heavy atom. The summed E-state index contributed by atoms with van der Waals surface area (Å²) in [5.41, 5.74) is 1.38. The third kappa shape index (κ3) is 2.50. The zero-order valence-corrected chi connectivity index (χ0v) is 10.6. The van der Waals surface area contributed by atoms with Gasteiger partial charge < -0.3 is 9.84 Å². The molecular weight excluding hydrogens is 240 g/mol. The zero-order chi connectivity index (χ0) is 12.4. The van der Waals surface area contributed by atoms with E-state index in [9.17, 15) is 4.79 Å². The molecule has 0 bridgehead atoms. The molecule has 0 atom stereocenters. The number of hydrogen-bond donors (Lipinski definition) is 1. The molecule has 0 saturated carbocycles. The monoisotopic (exact) mass is 252 g/mol. The maximum absolute atomic E-state index is 11.4. The van der Waals surface area contributed by atoms with Crippen molar-refractivity contribution in [1.82, 2.24) is 14.5 Å². The largest absolute Gasteiger partial charge is 0.368 e. The number of nitrogens with one attached hydrogen (secondary N) is 1. The molecule has 2 aromatic heterocycles. The fraction of sp³-hybridized carbons (Fsp3) is 0.400. The number of hydrogen-bond acceptors (Lipinski definition) is 7. The maximum Gasteiger partial charge on any atom is 0.223 e. The highest BCUT2D eigenvalue weighted by atomic mass is 32.1. The van der Waals surface area contributed by atoms with Gasteiger partial charge in [0.15, 0.2) is 11.6 Å². The zero-order valence-electron chi connectivity index (χ0n) is 9.77. The summed E-state index contributed by atoms with van der Waals surface area (Å²) in [6.45, 7) is 5.49. The molecular formula is C10H12N4O2S. The van der Waals surface area contributed by atoms with Crippen molar-refractivity contribution >= 4 is 22.3 Å². The fourth-order valence-electron chi connectivity index (χ4n) is 1.48. The molecule has 0 radical (unpaired) electrons. The molecule has 2 heterocycles. The topological polar surface area (TPSA) is 80.9 Å². The van der Waals surface area contributed by atoms with Gasteiger partial charge in [-0.25, -0.2) is 0 Å². The first-order valence-corrected chi connectivity index (χ1v) is 5.85. The summed E-state index contributed by atoms with van der Waals surface area (Å²) in [7, 11) is 0. The van der Waals surface area contributed by atoms with Gasteiger partial charge in [0, 0.05) is 6.92 Å². The van der Waals surface area contributed by atoms with Gasteiger partial charge in [-0.2, -0.15) is 9.36 Å². The van der Waals surface area contributed by atoms with Crippen molar-refractivity contribution < 1.29 is 9.32 Å². The van der Waals surface area contributed by atoms with E-state index < -0.39 is 0 Å². The van der Waals surface area contributed by atoms with Gasteiger partial charge in [0.1, 0.15) is 5.00 Å². The number of ketones is 1. The van der Waals surface area contributed by atoms with Crippen LogP contribution in [0.15, 0.2) is 4.52 Å². The second kappa shape index (κ2) is 4.62. The van der Waals surface area contributed by atoms with Gasteiger partial charge in [-0.15, -0.1) is 0 Å². The number of Topliss-reactive ketones (excluding diaryl/α,β-unsaturated/α-hetero) is 1. The Balaban J connectivity index is 2.11. The van der Waals surface area contributed by atoms with Gasteiger partial charge >= 0.3 is 0 Å². The van der Waals surface area contributed by atoms with Crippen LogP contribution in [0, 0.1) is 13.8 Å². The van der Waals surface area contributed by atoms with Crippen LogP contribution in [-0.4, -0.2) is 20.3 Å². The smallest absolute Gasteiger partial charge is 0.223 e. The van der Waals surface area contributed by atoms with Crippen LogP contribution in [0.5, 0.6) is 0 Å². The summed E-state index contributed by atoms with van der Waals surface area (Å²) >= 11 is 1.26. The van der Waals surface area contributed by atoms with Crippen LogP contribution in [0.2, 0.25) is 0 Å². The van der Waals surface area contributed by atoms with E-state index in [0.29, 0.717) is 23.8 Å². The third-order valence-corrected chi connectivity index (χ3v) is 3.09. The fourth-order valence-corrected chi connectivity index (χ4v) is 2.32. The second-order valence-electron chi connectivity index (χ2n) is 3.61. The summed E-state index contributed by atoms with van der Waals surface area (Å²) in [4.78, 5) is 15.5. The molecule has 6 nitrogen and oxygen atoms in total. The van der Waals surface area contributed by atoms with Gasteiger partial charge in [0.25, 0.3) is 0 Å². The maximum atomic E-state index is 11.4. The van der Waals surface area contributed by atoms with E-state index >= 15 is 0 Å². The predicted octanol–water partition coefficient (Wildman–Crippen LogP) is 1.96. The van der Waals surface area contributed by atoms with Gasteiger partial charge in [0.05, 0.1) is 17.8 Å². The molecule has 17 heavy (non-hydrogen) atoms. The third-order valence-electron chi connectivity index (χ3n) is 2.19. The van der Waals surface area contributed by atoms with Crippen LogP contribution in [0.25, 0.3) is 0 Å². The lowest BCUT2D eigenvalue weighted by molar-refractivity contribution is 0.101. The van der Waals surface area contributed by atoms with Crippen molar-refractivity contribution in [3.05, 3.63) is 23.0 Å². The van der Waals surface area contributed by atoms with Crippen LogP contribution >= 0.6 is 11.5 Å². The van der Waals surface area contributed by atoms with E-state index in [2.05, 4.69) is 19.8 Å². The minimum Gasteiger partial charge on any atom is -0.368 e. The SMILES string of the molecule is CC(=O)c1c(C)nsc1NCc1noc(C)n1. The van der Waals surface area contributed by atoms with E-state index in [-0.39, 0.29) is 5.78 Å². The summed E-state index contributed by atoms with van der Waals surface area (Å²) in [5, 5.41) is 7.61. The molecule has 0 amide bonds. The molecule has 2 aromatic rings. The minimum absolute atomic E-state index is 0.00282. The van der Waals surface area contributed by atoms with Crippen LogP contribution in [0.4, 0.5) is 5.00 Å². The predicted molar refractivity (Wildman–Crippen MR) is 63.2 cm³/mol. The number of carbonyl (C=O) groups excluding carboxylic acids is 1. The van der Waals surface area contributed by atoms with Crippen molar-refractivity contribution in [2.24, 2.45) is 0 Å². The van der Waals surface area contributed by atoms with Crippen LogP contribution < -0.4 is 5.32 Å². The van der Waals surface area contributed by atoms with Crippen molar-refractivity contribution in [2.75, 3.05) is 5.32 Å². The highest BCUT2D eigenvalue weighted by Gasteiger charge is 2.15. The summed E-state index contributed by atoms with van der Waals surface area (Å²) in [6.07, 6.45) is 0. The van der Waals surface area contributed by atoms with Crippen molar-refractivity contribution in [3.63, 3.8) is 0 Å². The Kier molecular flexibility index (Phi) is 3.19. The van der Waals surface area contributed by atoms with E-state index in [0.717, 1.165) is 10.7 Å². The van der Waals surface area contributed by atoms with E-state index in [1.165, 1.54) is 18.5 Å². The number of aryl methyl sites for hydroxylation is 2. The molecule has 0 spiro atoms. The molecule has 0 aromatic carbocycles. The Bertz CT molecular complexity index is 546.